The number of aryl methyl sites for hydroxylation is 1. The molecule has 4 nitrogen and oxygen atoms in total. The van der Waals surface area contributed by atoms with E-state index in [2.05, 4.69) is 5.32 Å². The van der Waals surface area contributed by atoms with Crippen molar-refractivity contribution in [1.82, 2.24) is 4.90 Å². The van der Waals surface area contributed by atoms with Gasteiger partial charge in [-0.15, -0.1) is 0 Å². The third-order valence-electron chi connectivity index (χ3n) is 2.56. The number of halogens is 1. The average molecular weight is 254 g/mol. The molecular weight excluding hydrogens is 235 g/mol. The van der Waals surface area contributed by atoms with Gasteiger partial charge < -0.3 is 15.3 Å². The number of nitrogens with one attached hydrogen (secondary N) is 1. The fraction of sp³-hybridized carbons (Fsp3) is 0.462. The molecule has 0 spiro atoms. The molecule has 2 amide bonds. The number of nitrogens with zero attached hydrogens (tertiary/aromatic N) is 1. The number of anilines is 1. The van der Waals surface area contributed by atoms with Crippen molar-refractivity contribution in [2.45, 2.75) is 20.3 Å². The minimum absolute atomic E-state index is 0.0735. The Balaban J connectivity index is 2.69. The van der Waals surface area contributed by atoms with Crippen LogP contribution in [0.1, 0.15) is 18.9 Å². The Morgan fingerprint density at radius 3 is 2.72 bits per heavy atom. The summed E-state index contributed by atoms with van der Waals surface area (Å²) >= 11 is 0. The Morgan fingerprint density at radius 1 is 1.44 bits per heavy atom. The van der Waals surface area contributed by atoms with E-state index in [1.54, 1.807) is 13.0 Å². The largest absolute Gasteiger partial charge is 0.395 e. The summed E-state index contributed by atoms with van der Waals surface area (Å²) in [6, 6.07) is 4.14. The van der Waals surface area contributed by atoms with E-state index in [1.807, 2.05) is 6.92 Å². The Bertz CT molecular complexity index is 404. The zero-order valence-corrected chi connectivity index (χ0v) is 10.7. The second kappa shape index (κ2) is 6.96. The summed E-state index contributed by atoms with van der Waals surface area (Å²) in [5.74, 6) is -0.297. The van der Waals surface area contributed by atoms with E-state index in [0.717, 1.165) is 6.42 Å². The molecule has 0 aromatic heterocycles. The van der Waals surface area contributed by atoms with Gasteiger partial charge in [-0.3, -0.25) is 0 Å². The lowest BCUT2D eigenvalue weighted by atomic mass is 10.2. The maximum Gasteiger partial charge on any atom is 0.321 e. The first-order chi connectivity index (χ1) is 8.58. The Morgan fingerprint density at radius 2 is 2.17 bits per heavy atom. The first kappa shape index (κ1) is 14.4. The summed E-state index contributed by atoms with van der Waals surface area (Å²) < 4.78 is 13.1. The van der Waals surface area contributed by atoms with Gasteiger partial charge in [0.15, 0.2) is 0 Å². The first-order valence-corrected chi connectivity index (χ1v) is 6.01. The van der Waals surface area contributed by atoms with Crippen molar-refractivity contribution >= 4 is 11.7 Å². The van der Waals surface area contributed by atoms with E-state index >= 15 is 0 Å². The van der Waals surface area contributed by atoms with Crippen LogP contribution in [-0.2, 0) is 0 Å². The molecule has 0 fully saturated rings. The maximum atomic E-state index is 13.1. The van der Waals surface area contributed by atoms with Gasteiger partial charge in [0.25, 0.3) is 0 Å². The fourth-order valence-corrected chi connectivity index (χ4v) is 1.63. The molecular formula is C13H19FN2O2. The molecule has 2 N–H and O–H groups in total. The number of carbonyl (C=O) groups excluding carboxylic acids is 1. The van der Waals surface area contributed by atoms with Gasteiger partial charge in [0, 0.05) is 18.8 Å². The van der Waals surface area contributed by atoms with Crippen molar-refractivity contribution in [3.05, 3.63) is 29.6 Å². The van der Waals surface area contributed by atoms with Crippen molar-refractivity contribution in [1.29, 1.82) is 0 Å². The number of amides is 2. The molecule has 1 aromatic carbocycles. The third kappa shape index (κ3) is 4.00. The van der Waals surface area contributed by atoms with E-state index in [-0.39, 0.29) is 18.5 Å². The monoisotopic (exact) mass is 254 g/mol. The zero-order chi connectivity index (χ0) is 13.5. The van der Waals surface area contributed by atoms with Gasteiger partial charge in [0.05, 0.1) is 6.61 Å². The fourth-order valence-electron chi connectivity index (χ4n) is 1.63. The predicted octanol–water partition coefficient (Wildman–Crippen LogP) is 2.37. The van der Waals surface area contributed by atoms with Crippen molar-refractivity contribution < 1.29 is 14.3 Å². The number of rotatable bonds is 5. The molecule has 0 saturated heterocycles. The van der Waals surface area contributed by atoms with Crippen LogP contribution in [0.2, 0.25) is 0 Å². The van der Waals surface area contributed by atoms with Crippen molar-refractivity contribution in [2.24, 2.45) is 0 Å². The van der Waals surface area contributed by atoms with E-state index in [1.165, 1.54) is 17.0 Å². The molecule has 100 valence electrons. The van der Waals surface area contributed by atoms with Crippen LogP contribution in [0, 0.1) is 12.7 Å². The molecule has 0 unspecified atom stereocenters. The summed E-state index contributed by atoms with van der Waals surface area (Å²) in [6.45, 7) is 4.39. The predicted molar refractivity (Wildman–Crippen MR) is 69.1 cm³/mol. The van der Waals surface area contributed by atoms with Crippen LogP contribution in [0.3, 0.4) is 0 Å². The number of hydrogen-bond acceptors (Lipinski definition) is 2. The van der Waals surface area contributed by atoms with Gasteiger partial charge in [-0.05, 0) is 37.1 Å². The number of hydrogen-bond donors (Lipinski definition) is 2. The smallest absolute Gasteiger partial charge is 0.321 e. The number of benzene rings is 1. The molecule has 0 aliphatic carbocycles. The van der Waals surface area contributed by atoms with Gasteiger partial charge in [0.1, 0.15) is 5.82 Å². The summed E-state index contributed by atoms with van der Waals surface area (Å²) in [4.78, 5) is 13.4. The number of aliphatic hydroxyl groups excluding tert-OH is 1. The van der Waals surface area contributed by atoms with E-state index < -0.39 is 0 Å². The highest BCUT2D eigenvalue weighted by molar-refractivity contribution is 5.89. The number of urea groups is 1. The standard InChI is InChI=1S/C13H19FN2O2/c1-3-6-16(7-8-17)13(18)15-11-4-5-12(14)10(2)9-11/h4-5,9,17H,3,6-8H2,1-2H3,(H,15,18). The van der Waals surface area contributed by atoms with E-state index in [9.17, 15) is 9.18 Å². The van der Waals surface area contributed by atoms with Crippen LogP contribution in [0.15, 0.2) is 18.2 Å². The second-order valence-electron chi connectivity index (χ2n) is 4.10. The Hall–Kier alpha value is -1.62. The Kier molecular flexibility index (Phi) is 5.58. The normalized spacial score (nSPS) is 10.2. The van der Waals surface area contributed by atoms with Gasteiger partial charge >= 0.3 is 6.03 Å². The summed E-state index contributed by atoms with van der Waals surface area (Å²) in [5, 5.41) is 11.6. The molecule has 1 aromatic rings. The topological polar surface area (TPSA) is 52.6 Å². The summed E-state index contributed by atoms with van der Waals surface area (Å²) in [7, 11) is 0. The third-order valence-corrected chi connectivity index (χ3v) is 2.56. The molecule has 0 heterocycles. The molecule has 0 aliphatic heterocycles. The van der Waals surface area contributed by atoms with Crippen LogP contribution in [0.25, 0.3) is 0 Å². The van der Waals surface area contributed by atoms with Crippen LogP contribution in [0.4, 0.5) is 14.9 Å². The Labute approximate surface area is 106 Å². The highest BCUT2D eigenvalue weighted by Crippen LogP contribution is 2.14. The summed E-state index contributed by atoms with van der Waals surface area (Å²) in [5.41, 5.74) is 1.04. The first-order valence-electron chi connectivity index (χ1n) is 6.01. The molecule has 5 heteroatoms. The van der Waals surface area contributed by atoms with E-state index in [0.29, 0.717) is 24.3 Å². The molecule has 0 aliphatic rings. The molecule has 0 atom stereocenters. The van der Waals surface area contributed by atoms with Gasteiger partial charge in [-0.2, -0.15) is 0 Å². The number of aliphatic hydroxyl groups is 1. The highest BCUT2D eigenvalue weighted by atomic mass is 19.1. The van der Waals surface area contributed by atoms with Crippen LogP contribution < -0.4 is 5.32 Å². The van der Waals surface area contributed by atoms with Crippen LogP contribution in [0.5, 0.6) is 0 Å². The number of carbonyl (C=O) groups is 1. The van der Waals surface area contributed by atoms with Crippen molar-refractivity contribution in [2.75, 3.05) is 25.0 Å². The molecule has 0 radical (unpaired) electrons. The maximum absolute atomic E-state index is 13.1. The van der Waals surface area contributed by atoms with E-state index in [4.69, 9.17) is 5.11 Å². The van der Waals surface area contributed by atoms with Crippen LogP contribution in [-0.4, -0.2) is 35.7 Å². The summed E-state index contributed by atoms with van der Waals surface area (Å²) in [6.07, 6.45) is 0.815. The van der Waals surface area contributed by atoms with Crippen molar-refractivity contribution in [3.8, 4) is 0 Å². The lowest BCUT2D eigenvalue weighted by Crippen LogP contribution is -2.37. The lowest BCUT2D eigenvalue weighted by molar-refractivity contribution is 0.188. The van der Waals surface area contributed by atoms with Crippen molar-refractivity contribution in [3.63, 3.8) is 0 Å². The zero-order valence-electron chi connectivity index (χ0n) is 10.7. The average Bonchev–Trinajstić information content (AvgIpc) is 2.33. The lowest BCUT2D eigenvalue weighted by Gasteiger charge is -2.21. The highest BCUT2D eigenvalue weighted by Gasteiger charge is 2.12. The SMILES string of the molecule is CCCN(CCO)C(=O)Nc1ccc(F)c(C)c1. The second-order valence-corrected chi connectivity index (χ2v) is 4.10. The molecule has 1 rings (SSSR count). The minimum Gasteiger partial charge on any atom is -0.395 e. The quantitative estimate of drug-likeness (QED) is 0.847. The van der Waals surface area contributed by atoms with Crippen LogP contribution >= 0.6 is 0 Å². The molecule has 0 saturated carbocycles. The van der Waals surface area contributed by atoms with Gasteiger partial charge in [-0.1, -0.05) is 6.92 Å². The van der Waals surface area contributed by atoms with Gasteiger partial charge in [0.2, 0.25) is 0 Å². The molecule has 0 bridgehead atoms. The molecule has 18 heavy (non-hydrogen) atoms. The van der Waals surface area contributed by atoms with Gasteiger partial charge in [-0.25, -0.2) is 9.18 Å². The minimum atomic E-state index is -0.297.